The van der Waals surface area contributed by atoms with Crippen LogP contribution in [0, 0.1) is 0 Å². The van der Waals surface area contributed by atoms with Crippen molar-refractivity contribution in [2.45, 2.75) is 38.6 Å². The number of carbonyl (C=O) groups excluding carboxylic acids is 1. The van der Waals surface area contributed by atoms with Crippen LogP contribution in [0.2, 0.25) is 0 Å². The van der Waals surface area contributed by atoms with Gasteiger partial charge in [-0.15, -0.1) is 0 Å². The first-order chi connectivity index (χ1) is 8.05. The van der Waals surface area contributed by atoms with E-state index in [2.05, 4.69) is 11.9 Å². The van der Waals surface area contributed by atoms with Crippen molar-refractivity contribution in [3.8, 4) is 0 Å². The molecule has 2 fully saturated rings. The molecule has 100 valence electrons. The second-order valence-corrected chi connectivity index (χ2v) is 5.10. The van der Waals surface area contributed by atoms with Gasteiger partial charge in [0.05, 0.1) is 0 Å². The summed E-state index contributed by atoms with van der Waals surface area (Å²) in [7, 11) is 5.84. The minimum Gasteiger partial charge on any atom is -0.331 e. The van der Waals surface area contributed by atoms with Gasteiger partial charge < -0.3 is 9.80 Å². The highest BCUT2D eigenvalue weighted by Crippen LogP contribution is 2.36. The average molecular weight is 241 g/mol. The van der Waals surface area contributed by atoms with E-state index in [-0.39, 0.29) is 6.03 Å². The van der Waals surface area contributed by atoms with Crippen molar-refractivity contribution >= 4 is 6.03 Å². The third-order valence-corrected chi connectivity index (χ3v) is 3.93. The Morgan fingerprint density at radius 2 is 1.82 bits per heavy atom. The fraction of sp³-hybridized carbons (Fsp3) is 0.923. The lowest BCUT2D eigenvalue weighted by Crippen LogP contribution is -2.46. The molecule has 2 saturated heterocycles. The Hall–Kier alpha value is -0.770. The molecule has 0 radical (unpaired) electrons. The van der Waals surface area contributed by atoms with E-state index >= 15 is 0 Å². The van der Waals surface area contributed by atoms with Gasteiger partial charge in [-0.05, 0) is 32.9 Å². The Balaban J connectivity index is 0.000000686. The lowest BCUT2D eigenvalue weighted by Gasteiger charge is -2.32. The van der Waals surface area contributed by atoms with E-state index in [4.69, 9.17) is 0 Å². The molecular weight excluding hydrogens is 214 g/mol. The van der Waals surface area contributed by atoms with Gasteiger partial charge in [-0.2, -0.15) is 0 Å². The summed E-state index contributed by atoms with van der Waals surface area (Å²) in [5.74, 6) is 0. The van der Waals surface area contributed by atoms with Gasteiger partial charge in [0.15, 0.2) is 0 Å². The van der Waals surface area contributed by atoms with Crippen LogP contribution in [-0.4, -0.2) is 67.0 Å². The summed E-state index contributed by atoms with van der Waals surface area (Å²) in [6.45, 7) is 7.02. The maximum atomic E-state index is 11.8. The Kier molecular flexibility index (Phi) is 4.80. The van der Waals surface area contributed by atoms with E-state index in [9.17, 15) is 4.79 Å². The number of hydrogen-bond donors (Lipinski definition) is 0. The zero-order chi connectivity index (χ0) is 13.1. The molecule has 0 aromatic rings. The van der Waals surface area contributed by atoms with Crippen LogP contribution >= 0.6 is 0 Å². The van der Waals surface area contributed by atoms with Crippen LogP contribution in [0.25, 0.3) is 0 Å². The van der Waals surface area contributed by atoms with Crippen LogP contribution in [0.5, 0.6) is 0 Å². The summed E-state index contributed by atoms with van der Waals surface area (Å²) in [4.78, 5) is 17.9. The summed E-state index contributed by atoms with van der Waals surface area (Å²) in [6, 6.07) is 0.159. The van der Waals surface area contributed by atoms with E-state index in [1.54, 1.807) is 4.90 Å². The zero-order valence-corrected chi connectivity index (χ0v) is 12.0. The van der Waals surface area contributed by atoms with Crippen molar-refractivity contribution < 1.29 is 4.79 Å². The van der Waals surface area contributed by atoms with Crippen molar-refractivity contribution in [2.24, 2.45) is 0 Å². The molecular formula is C13H27N3O. The maximum absolute atomic E-state index is 11.8. The van der Waals surface area contributed by atoms with Crippen LogP contribution in [0.4, 0.5) is 4.79 Å². The molecule has 1 atom stereocenters. The van der Waals surface area contributed by atoms with Crippen LogP contribution < -0.4 is 0 Å². The second-order valence-electron chi connectivity index (χ2n) is 5.10. The summed E-state index contributed by atoms with van der Waals surface area (Å²) in [6.07, 6.45) is 3.67. The van der Waals surface area contributed by atoms with Gasteiger partial charge in [0.1, 0.15) is 0 Å². The van der Waals surface area contributed by atoms with Crippen molar-refractivity contribution in [3.05, 3.63) is 0 Å². The van der Waals surface area contributed by atoms with Crippen molar-refractivity contribution in [2.75, 3.05) is 40.8 Å². The standard InChI is InChI=1S/C11H21N3O.C2H6/c1-12(2)10(15)14-8-6-11(9-14)5-4-7-13(11)3;1-2/h4-9H2,1-3H3;1-2H3. The highest BCUT2D eigenvalue weighted by atomic mass is 16.2. The minimum absolute atomic E-state index is 0.159. The third-order valence-electron chi connectivity index (χ3n) is 3.93. The molecule has 1 spiro atoms. The predicted molar refractivity (Wildman–Crippen MR) is 71.2 cm³/mol. The van der Waals surface area contributed by atoms with E-state index in [0.29, 0.717) is 5.54 Å². The van der Waals surface area contributed by atoms with E-state index < -0.39 is 0 Å². The Bertz CT molecular complexity index is 267. The molecule has 0 N–H and O–H groups in total. The Morgan fingerprint density at radius 3 is 2.29 bits per heavy atom. The number of amides is 2. The summed E-state index contributed by atoms with van der Waals surface area (Å²) in [5, 5.41) is 0. The first-order valence-electron chi connectivity index (χ1n) is 6.73. The molecule has 0 aromatic carbocycles. The number of urea groups is 1. The van der Waals surface area contributed by atoms with E-state index in [1.807, 2.05) is 32.8 Å². The molecule has 0 aliphatic carbocycles. The SMILES string of the molecule is CC.CN(C)C(=O)N1CCC2(CCCN2C)C1. The van der Waals surface area contributed by atoms with E-state index in [0.717, 1.165) is 19.5 Å². The Morgan fingerprint density at radius 1 is 1.18 bits per heavy atom. The predicted octanol–water partition coefficient (Wildman–Crippen LogP) is 1.86. The fourth-order valence-electron chi connectivity index (χ4n) is 2.89. The van der Waals surface area contributed by atoms with Crippen molar-refractivity contribution in [3.63, 3.8) is 0 Å². The molecule has 2 amide bonds. The quantitative estimate of drug-likeness (QED) is 0.647. The Labute approximate surface area is 106 Å². The number of hydrogen-bond acceptors (Lipinski definition) is 2. The summed E-state index contributed by atoms with van der Waals surface area (Å²) < 4.78 is 0. The average Bonchev–Trinajstić information content (AvgIpc) is 2.90. The molecule has 4 nitrogen and oxygen atoms in total. The number of likely N-dealkylation sites (tertiary alicyclic amines) is 2. The molecule has 2 aliphatic heterocycles. The zero-order valence-electron chi connectivity index (χ0n) is 12.0. The van der Waals surface area contributed by atoms with Crippen LogP contribution in [-0.2, 0) is 0 Å². The molecule has 17 heavy (non-hydrogen) atoms. The second kappa shape index (κ2) is 5.71. The lowest BCUT2D eigenvalue weighted by atomic mass is 9.96. The van der Waals surface area contributed by atoms with Crippen LogP contribution in [0.15, 0.2) is 0 Å². The monoisotopic (exact) mass is 241 g/mol. The smallest absolute Gasteiger partial charge is 0.319 e. The number of carbonyl (C=O) groups is 1. The van der Waals surface area contributed by atoms with Crippen LogP contribution in [0.3, 0.4) is 0 Å². The van der Waals surface area contributed by atoms with Crippen molar-refractivity contribution in [1.82, 2.24) is 14.7 Å². The van der Waals surface area contributed by atoms with Crippen molar-refractivity contribution in [1.29, 1.82) is 0 Å². The first kappa shape index (κ1) is 14.3. The highest BCUT2D eigenvalue weighted by Gasteiger charge is 2.45. The van der Waals surface area contributed by atoms with Gasteiger partial charge in [-0.1, -0.05) is 13.8 Å². The molecule has 0 aromatic heterocycles. The highest BCUT2D eigenvalue weighted by molar-refractivity contribution is 5.74. The van der Waals surface area contributed by atoms with Gasteiger partial charge in [-0.3, -0.25) is 4.90 Å². The topological polar surface area (TPSA) is 26.8 Å². The fourth-order valence-corrected chi connectivity index (χ4v) is 2.89. The number of likely N-dealkylation sites (N-methyl/N-ethyl adjacent to an activating group) is 1. The van der Waals surface area contributed by atoms with Gasteiger partial charge in [0, 0.05) is 32.7 Å². The lowest BCUT2D eigenvalue weighted by molar-refractivity contribution is 0.156. The van der Waals surface area contributed by atoms with Gasteiger partial charge in [0.25, 0.3) is 0 Å². The molecule has 0 saturated carbocycles. The molecule has 2 heterocycles. The van der Waals surface area contributed by atoms with E-state index in [1.165, 1.54) is 19.4 Å². The van der Waals surface area contributed by atoms with Crippen LogP contribution in [0.1, 0.15) is 33.1 Å². The first-order valence-corrected chi connectivity index (χ1v) is 6.73. The van der Waals surface area contributed by atoms with Gasteiger partial charge in [0.2, 0.25) is 0 Å². The number of nitrogens with zero attached hydrogens (tertiary/aromatic N) is 3. The molecule has 4 heteroatoms. The maximum Gasteiger partial charge on any atom is 0.319 e. The molecule has 2 aliphatic rings. The minimum atomic E-state index is 0.159. The molecule has 1 unspecified atom stereocenters. The van der Waals surface area contributed by atoms with Gasteiger partial charge >= 0.3 is 6.03 Å². The normalized spacial score (nSPS) is 28.2. The van der Waals surface area contributed by atoms with Gasteiger partial charge in [-0.25, -0.2) is 4.79 Å². The third kappa shape index (κ3) is 2.73. The number of rotatable bonds is 0. The summed E-state index contributed by atoms with van der Waals surface area (Å²) >= 11 is 0. The molecule has 0 bridgehead atoms. The summed E-state index contributed by atoms with van der Waals surface area (Å²) in [5.41, 5.74) is 0.297. The largest absolute Gasteiger partial charge is 0.331 e. The molecule has 2 rings (SSSR count).